The number of hydrogen-bond acceptors (Lipinski definition) is 4. The minimum Gasteiger partial charge on any atom is -0.380 e. The van der Waals surface area contributed by atoms with Gasteiger partial charge < -0.3 is 15.4 Å². The molecule has 2 rings (SSSR count). The van der Waals surface area contributed by atoms with Crippen molar-refractivity contribution in [3.8, 4) is 0 Å². The Morgan fingerprint density at radius 2 is 2.04 bits per heavy atom. The van der Waals surface area contributed by atoms with Crippen LogP contribution >= 0.6 is 0 Å². The number of benzene rings is 1. The predicted octanol–water partition coefficient (Wildman–Crippen LogP) is 0.580. The zero-order valence-electron chi connectivity index (χ0n) is 14.3. The molecule has 0 aliphatic carbocycles. The summed E-state index contributed by atoms with van der Waals surface area (Å²) in [7, 11) is -1.69. The van der Waals surface area contributed by atoms with Crippen LogP contribution in [0.25, 0.3) is 0 Å². The summed E-state index contributed by atoms with van der Waals surface area (Å²) in [5.74, 6) is 0.597. The molecule has 0 saturated carbocycles. The first-order chi connectivity index (χ1) is 11.6. The van der Waals surface area contributed by atoms with E-state index in [2.05, 4.69) is 15.6 Å². The molecule has 1 aromatic carbocycles. The fourth-order valence-corrected chi connectivity index (χ4v) is 4.04. The minimum atomic E-state index is -3.34. The van der Waals surface area contributed by atoms with Gasteiger partial charge in [-0.2, -0.15) is 0 Å². The van der Waals surface area contributed by atoms with Crippen LogP contribution < -0.4 is 14.9 Å². The number of guanidine groups is 1. The highest BCUT2D eigenvalue weighted by Gasteiger charge is 2.28. The molecule has 0 spiro atoms. The van der Waals surface area contributed by atoms with Crippen LogP contribution in [0.5, 0.6) is 0 Å². The van der Waals surface area contributed by atoms with E-state index in [4.69, 9.17) is 4.74 Å². The second kappa shape index (κ2) is 8.89. The molecule has 134 valence electrons. The van der Waals surface area contributed by atoms with Gasteiger partial charge >= 0.3 is 0 Å². The number of nitrogens with zero attached hydrogens (tertiary/aromatic N) is 2. The Kier molecular flexibility index (Phi) is 6.86. The van der Waals surface area contributed by atoms with Gasteiger partial charge in [0.25, 0.3) is 0 Å². The van der Waals surface area contributed by atoms with Gasteiger partial charge in [0.2, 0.25) is 10.0 Å². The van der Waals surface area contributed by atoms with Crippen LogP contribution in [-0.4, -0.2) is 60.0 Å². The van der Waals surface area contributed by atoms with Crippen LogP contribution in [0.1, 0.15) is 12.5 Å². The Morgan fingerprint density at radius 3 is 2.79 bits per heavy atom. The van der Waals surface area contributed by atoms with Crippen molar-refractivity contribution in [2.24, 2.45) is 4.99 Å². The maximum atomic E-state index is 12.6. The summed E-state index contributed by atoms with van der Waals surface area (Å²) < 4.78 is 31.9. The summed E-state index contributed by atoms with van der Waals surface area (Å²) in [6, 6.07) is 7.65. The van der Waals surface area contributed by atoms with Crippen LogP contribution in [0.15, 0.2) is 29.3 Å². The van der Waals surface area contributed by atoms with Crippen molar-refractivity contribution in [1.82, 2.24) is 10.6 Å². The fourth-order valence-electron chi connectivity index (χ4n) is 2.61. The van der Waals surface area contributed by atoms with Gasteiger partial charge in [-0.1, -0.05) is 18.2 Å². The number of nitrogens with one attached hydrogen (secondary N) is 2. The predicted molar refractivity (Wildman–Crippen MR) is 97.1 cm³/mol. The first-order valence-corrected chi connectivity index (χ1v) is 9.80. The number of fused-ring (bicyclic) bond motifs is 1. The van der Waals surface area contributed by atoms with Gasteiger partial charge in [-0.15, -0.1) is 0 Å². The van der Waals surface area contributed by atoms with E-state index in [0.29, 0.717) is 38.8 Å². The van der Waals surface area contributed by atoms with Crippen molar-refractivity contribution >= 4 is 21.7 Å². The first-order valence-electron chi connectivity index (χ1n) is 8.19. The molecular formula is C16H26N4O3S. The summed E-state index contributed by atoms with van der Waals surface area (Å²) in [5, 5.41) is 6.11. The third-order valence-electron chi connectivity index (χ3n) is 3.80. The molecule has 0 radical (unpaired) electrons. The Labute approximate surface area is 144 Å². The number of ether oxygens (including phenoxy) is 1. The highest BCUT2D eigenvalue weighted by molar-refractivity contribution is 7.92. The van der Waals surface area contributed by atoms with Crippen molar-refractivity contribution in [3.05, 3.63) is 29.8 Å². The van der Waals surface area contributed by atoms with Crippen LogP contribution in [0, 0.1) is 0 Å². The molecule has 7 nitrogen and oxygen atoms in total. The molecule has 1 aromatic rings. The summed E-state index contributed by atoms with van der Waals surface area (Å²) in [5.41, 5.74) is 1.89. The maximum absolute atomic E-state index is 12.6. The van der Waals surface area contributed by atoms with E-state index < -0.39 is 10.0 Å². The summed E-state index contributed by atoms with van der Waals surface area (Å²) in [4.78, 5) is 4.07. The second-order valence-electron chi connectivity index (χ2n) is 5.39. The summed E-state index contributed by atoms with van der Waals surface area (Å²) >= 11 is 0. The zero-order valence-corrected chi connectivity index (χ0v) is 15.1. The van der Waals surface area contributed by atoms with E-state index in [0.717, 1.165) is 17.7 Å². The summed E-state index contributed by atoms with van der Waals surface area (Å²) in [6.45, 7) is 4.63. The fraction of sp³-hybridized carbons (Fsp3) is 0.562. The molecule has 0 atom stereocenters. The van der Waals surface area contributed by atoms with Crippen molar-refractivity contribution in [1.29, 1.82) is 0 Å². The highest BCUT2D eigenvalue weighted by Crippen LogP contribution is 2.29. The van der Waals surface area contributed by atoms with Crippen LogP contribution in [-0.2, 0) is 21.2 Å². The Morgan fingerprint density at radius 1 is 1.29 bits per heavy atom. The molecule has 0 unspecified atom stereocenters. The lowest BCUT2D eigenvalue weighted by molar-refractivity contribution is 0.152. The van der Waals surface area contributed by atoms with E-state index in [1.807, 2.05) is 31.2 Å². The lowest BCUT2D eigenvalue weighted by atomic mass is 10.2. The summed E-state index contributed by atoms with van der Waals surface area (Å²) in [6.07, 6.45) is 0.767. The molecule has 0 aromatic heterocycles. The minimum absolute atomic E-state index is 0.0213. The van der Waals surface area contributed by atoms with Gasteiger partial charge in [0.05, 0.1) is 18.0 Å². The number of anilines is 1. The van der Waals surface area contributed by atoms with Crippen molar-refractivity contribution in [2.45, 2.75) is 13.3 Å². The monoisotopic (exact) mass is 354 g/mol. The van der Waals surface area contributed by atoms with Gasteiger partial charge in [-0.25, -0.2) is 8.42 Å². The smallest absolute Gasteiger partial charge is 0.236 e. The lowest BCUT2D eigenvalue weighted by Crippen LogP contribution is -2.42. The lowest BCUT2D eigenvalue weighted by Gasteiger charge is -2.20. The molecule has 1 aliphatic rings. The van der Waals surface area contributed by atoms with Gasteiger partial charge in [-0.3, -0.25) is 9.30 Å². The van der Waals surface area contributed by atoms with E-state index in [1.54, 1.807) is 7.05 Å². The SMILES string of the molecule is CCOCCNC(=NC)NCCS(=O)(=O)N1CCc2ccccc21. The van der Waals surface area contributed by atoms with Crippen molar-refractivity contribution in [2.75, 3.05) is 50.0 Å². The Bertz CT molecular complexity index is 661. The molecule has 1 aliphatic heterocycles. The average molecular weight is 354 g/mol. The largest absolute Gasteiger partial charge is 0.380 e. The number of sulfonamides is 1. The van der Waals surface area contributed by atoms with E-state index in [9.17, 15) is 8.42 Å². The normalized spacial score (nSPS) is 14.6. The molecule has 24 heavy (non-hydrogen) atoms. The van der Waals surface area contributed by atoms with Gasteiger partial charge in [-0.05, 0) is 25.0 Å². The van der Waals surface area contributed by atoms with Crippen molar-refractivity contribution < 1.29 is 13.2 Å². The number of para-hydroxylation sites is 1. The third-order valence-corrected chi connectivity index (χ3v) is 5.57. The number of rotatable bonds is 8. The molecule has 0 fully saturated rings. The van der Waals surface area contributed by atoms with Crippen molar-refractivity contribution in [3.63, 3.8) is 0 Å². The Hall–Kier alpha value is -1.80. The molecule has 0 amide bonds. The standard InChI is InChI=1S/C16H26N4O3S/c1-3-23-12-9-18-16(17-2)19-10-13-24(21,22)20-11-8-14-6-4-5-7-15(14)20/h4-7H,3,8-13H2,1-2H3,(H2,17,18,19). The second-order valence-corrected chi connectivity index (χ2v) is 7.40. The van der Waals surface area contributed by atoms with Gasteiger partial charge in [0.1, 0.15) is 0 Å². The molecular weight excluding hydrogens is 328 g/mol. The molecule has 1 heterocycles. The number of aliphatic imine (C=N–C) groups is 1. The number of hydrogen-bond donors (Lipinski definition) is 2. The molecule has 8 heteroatoms. The topological polar surface area (TPSA) is 83.0 Å². The average Bonchev–Trinajstić information content (AvgIpc) is 3.02. The van der Waals surface area contributed by atoms with Crippen LogP contribution in [0.2, 0.25) is 0 Å². The first kappa shape index (κ1) is 18.5. The Balaban J connectivity index is 1.83. The van der Waals surface area contributed by atoms with E-state index in [1.165, 1.54) is 4.31 Å². The third kappa shape index (κ3) is 4.85. The highest BCUT2D eigenvalue weighted by atomic mass is 32.2. The molecule has 0 bridgehead atoms. The van der Waals surface area contributed by atoms with Gasteiger partial charge in [0, 0.05) is 33.3 Å². The van der Waals surface area contributed by atoms with Gasteiger partial charge in [0.15, 0.2) is 5.96 Å². The maximum Gasteiger partial charge on any atom is 0.236 e. The van der Waals surface area contributed by atoms with Crippen LogP contribution in [0.3, 0.4) is 0 Å². The zero-order chi connectivity index (χ0) is 17.4. The van der Waals surface area contributed by atoms with E-state index in [-0.39, 0.29) is 5.75 Å². The molecule has 0 saturated heterocycles. The van der Waals surface area contributed by atoms with E-state index >= 15 is 0 Å². The quantitative estimate of drug-likeness (QED) is 0.405. The van der Waals surface area contributed by atoms with Crippen LogP contribution in [0.4, 0.5) is 5.69 Å². The molecule has 2 N–H and O–H groups in total.